The topological polar surface area (TPSA) is 302 Å². The lowest BCUT2D eigenvalue weighted by molar-refractivity contribution is 0.0949. The number of rotatable bonds is 8. The molecule has 0 saturated heterocycles. The van der Waals surface area contributed by atoms with Crippen molar-refractivity contribution in [1.82, 2.24) is 66.8 Å². The Balaban J connectivity index is 0.0000000971. The third-order valence-electron chi connectivity index (χ3n) is 23.4. The van der Waals surface area contributed by atoms with Crippen LogP contribution in [0.3, 0.4) is 0 Å². The summed E-state index contributed by atoms with van der Waals surface area (Å²) < 4.78 is 11.6. The van der Waals surface area contributed by atoms with Crippen LogP contribution in [0.25, 0.3) is 132 Å². The number of aromatic amines is 7. The van der Waals surface area contributed by atoms with Gasteiger partial charge in [0.1, 0.15) is 0 Å². The zero-order valence-corrected chi connectivity index (χ0v) is 70.9. The molecule has 18 aromatic rings. The first kappa shape index (κ1) is 79.3. The molecule has 0 fully saturated rings. The second kappa shape index (κ2) is 34.2. The molecule has 0 bridgehead atoms. The maximum absolute atomic E-state index is 12.2. The fourth-order valence-corrected chi connectivity index (χ4v) is 20.3. The number of carbonyl (C=O) groups excluding carboxylic acids is 6. The van der Waals surface area contributed by atoms with E-state index < -0.39 is 10.8 Å². The summed E-state index contributed by atoms with van der Waals surface area (Å²) in [5, 5.41) is 31.1. The number of halogens is 1. The van der Waals surface area contributed by atoms with Crippen LogP contribution >= 0.6 is 46.0 Å². The number of hydrogen-bond donors (Lipinski definition) is 13. The molecule has 6 aliphatic heterocycles. The van der Waals surface area contributed by atoms with Crippen molar-refractivity contribution < 1.29 is 33.0 Å². The van der Waals surface area contributed by atoms with Crippen LogP contribution in [0.2, 0.25) is 5.02 Å². The second-order valence-electron chi connectivity index (χ2n) is 30.6. The molecule has 9 aromatic heterocycles. The zero-order chi connectivity index (χ0) is 83.9. The molecule has 0 radical (unpaired) electrons. The number of thioether (sulfide) groups is 1. The van der Waals surface area contributed by atoms with Gasteiger partial charge in [-0.15, -0.1) is 23.1 Å². The molecule has 612 valence electrons. The van der Waals surface area contributed by atoms with E-state index >= 15 is 0 Å². The Labute approximate surface area is 725 Å². The van der Waals surface area contributed by atoms with E-state index in [1.54, 1.807) is 40.7 Å². The molecule has 25 heteroatoms. The van der Waals surface area contributed by atoms with E-state index in [2.05, 4.69) is 132 Å². The molecule has 0 aliphatic carbocycles. The normalized spacial score (nSPS) is 14.4. The molecule has 6 amide bonds. The lowest BCUT2D eigenvalue weighted by atomic mass is 10.0. The molecule has 1 unspecified atom stereocenters. The van der Waals surface area contributed by atoms with Gasteiger partial charge in [0, 0.05) is 204 Å². The maximum atomic E-state index is 12.2. The number of H-pyrrole nitrogens is 7. The van der Waals surface area contributed by atoms with Gasteiger partial charge in [0.25, 0.3) is 35.4 Å². The van der Waals surface area contributed by atoms with Gasteiger partial charge in [-0.2, -0.15) is 11.3 Å². The quantitative estimate of drug-likeness (QED) is 0.0648. The fraction of sp³-hybridized carbons (Fsp3) is 0.143. The number of hydrogen-bond acceptors (Lipinski definition) is 10. The molecular formula is C98H82ClN13O7S4. The van der Waals surface area contributed by atoms with Gasteiger partial charge in [0.05, 0.1) is 27.7 Å². The van der Waals surface area contributed by atoms with E-state index in [1.807, 2.05) is 176 Å². The highest BCUT2D eigenvalue weighted by Gasteiger charge is 2.30. The van der Waals surface area contributed by atoms with Gasteiger partial charge in [-0.25, -0.2) is 0 Å². The minimum absolute atomic E-state index is 0.000932. The smallest absolute Gasteiger partial charge is 0.251 e. The zero-order valence-electron chi connectivity index (χ0n) is 66.9. The predicted molar refractivity (Wildman–Crippen MR) is 498 cm³/mol. The van der Waals surface area contributed by atoms with E-state index in [9.17, 15) is 33.0 Å². The van der Waals surface area contributed by atoms with Crippen molar-refractivity contribution in [3.63, 3.8) is 0 Å². The summed E-state index contributed by atoms with van der Waals surface area (Å²) in [5.74, 6) is 0.0768. The lowest BCUT2D eigenvalue weighted by Gasteiger charge is -2.05. The first-order valence-electron chi connectivity index (χ1n) is 40.7. The lowest BCUT2D eigenvalue weighted by Crippen LogP contribution is -2.23. The number of aromatic nitrogens is 7. The summed E-state index contributed by atoms with van der Waals surface area (Å²) in [5.41, 5.74) is 30.2. The van der Waals surface area contributed by atoms with Crippen LogP contribution in [-0.2, 0) is 49.3 Å². The first-order chi connectivity index (χ1) is 60.2. The van der Waals surface area contributed by atoms with Gasteiger partial charge >= 0.3 is 0 Å². The van der Waals surface area contributed by atoms with E-state index in [0.717, 1.165) is 198 Å². The number of amides is 6. The third-order valence-corrected chi connectivity index (χ3v) is 26.9. The van der Waals surface area contributed by atoms with E-state index in [1.165, 1.54) is 54.3 Å². The van der Waals surface area contributed by atoms with Crippen LogP contribution in [0, 0.1) is 0 Å². The second-order valence-corrected chi connectivity index (χ2v) is 35.0. The number of benzene rings is 9. The van der Waals surface area contributed by atoms with Crippen LogP contribution in [0.4, 0.5) is 0 Å². The minimum Gasteiger partial charge on any atom is -0.360 e. The van der Waals surface area contributed by atoms with Crippen LogP contribution in [0.5, 0.6) is 0 Å². The highest BCUT2D eigenvalue weighted by molar-refractivity contribution is 7.98. The Morgan fingerprint density at radius 3 is 0.976 bits per heavy atom. The number of nitrogens with one attached hydrogen (secondary N) is 13. The minimum atomic E-state index is -0.980. The van der Waals surface area contributed by atoms with Gasteiger partial charge in [0.2, 0.25) is 0 Å². The third kappa shape index (κ3) is 15.3. The molecular weight excluding hydrogens is 1630 g/mol. The first-order valence-corrected chi connectivity index (χ1v) is 45.7. The van der Waals surface area contributed by atoms with E-state index in [0.29, 0.717) is 39.3 Å². The van der Waals surface area contributed by atoms with Gasteiger partial charge in [-0.05, 0) is 239 Å². The standard InChI is InChI=1S/C18H16N2O2S.C18H16N2OS.C17H13ClN2O.C15H13N3O.2C15H12N2OS/c1-23(22)12-7-5-11(6-8-12)17-13-9-10-19-18(21)14-3-2-4-15(20-17)16(13)14;1-22-12-7-5-11(6-8-12)17-13-9-10-19-18(21)14-3-2-4-15(20-17)16(13)14;18-11-6-4-10(5-7-11)16-12-8-9-19-17(21)13-2-1-3-14(20-16)15(12)13;19-15-10-3-1-4-11-13(10)9(6-8-17-15)14(18-11)12-5-2-7-16-12;18-15-10-3-1-4-11-13(10)9(6-7-16-15)14(17-11)12-5-2-8-19-12;18-15-11-2-1-3-12-13(11)10(4-6-16-15)14(17-12)9-5-7-19-8-9/h2-8,20H,9-10H2,1H3,(H,19,21);2-8,20H,9-10H2,1H3,(H,19,21);1-7,20H,8-9H2,(H,19,21);1-5,7,16,18H,6,8H2,(H,17,19);1-5,8,17H,6-7H2,(H,16,18);1-3,5,7-8,17H,4,6H2,(H,16,18). The molecule has 6 aliphatic rings. The highest BCUT2D eigenvalue weighted by atomic mass is 35.5. The molecule has 0 spiro atoms. The number of thiophene rings is 2. The Kier molecular flexibility index (Phi) is 22.0. The predicted octanol–water partition coefficient (Wildman–Crippen LogP) is 19.3. The van der Waals surface area contributed by atoms with Crippen LogP contribution in [0.15, 0.2) is 244 Å². The molecule has 13 N–H and O–H groups in total. The van der Waals surface area contributed by atoms with Crippen molar-refractivity contribution in [3.8, 4) is 67.0 Å². The SMILES string of the molecule is CS(=O)c1ccc(-c2[nH]c3cccc4c3c2CCNC4=O)cc1.CSc1ccc(-c2[nH]c3cccc4c3c2CCNC4=O)cc1.O=C1NCCc2c(-c3ccc(Cl)cc3)[nH]c3cccc1c23.O=C1NCCc2c(-c3ccc[nH]3)[nH]c3cccc1c23.O=C1NCCc2c(-c3cccs3)[nH]c3cccc1c23.O=C1NCCc2c(-c3ccsc3)[nH]c3cccc1c23. The molecule has 15 heterocycles. The van der Waals surface area contributed by atoms with Crippen molar-refractivity contribution in [3.05, 3.63) is 306 Å². The largest absolute Gasteiger partial charge is 0.360 e. The van der Waals surface area contributed by atoms with Gasteiger partial charge in [-0.3, -0.25) is 33.0 Å². The average Bonchev–Trinajstić information content (AvgIpc) is 1.65. The molecule has 20 nitrogen and oxygen atoms in total. The number of carbonyl (C=O) groups is 6. The summed E-state index contributed by atoms with van der Waals surface area (Å²) >= 11 is 11.1. The average molecular weight is 1720 g/mol. The molecule has 0 saturated carbocycles. The summed E-state index contributed by atoms with van der Waals surface area (Å²) in [6.45, 7) is 4.02. The summed E-state index contributed by atoms with van der Waals surface area (Å²) in [6.07, 6.45) is 10.7. The van der Waals surface area contributed by atoms with Gasteiger partial charge in [-0.1, -0.05) is 90.5 Å². The summed E-state index contributed by atoms with van der Waals surface area (Å²) in [6, 6.07) is 69.4. The Hall–Kier alpha value is -13.5. The molecule has 1 atom stereocenters. The van der Waals surface area contributed by atoms with E-state index in [4.69, 9.17) is 11.6 Å². The van der Waals surface area contributed by atoms with Crippen LogP contribution in [-0.4, -0.2) is 126 Å². The van der Waals surface area contributed by atoms with Crippen molar-refractivity contribution in [1.29, 1.82) is 0 Å². The Morgan fingerprint density at radius 2 is 0.659 bits per heavy atom. The highest BCUT2D eigenvalue weighted by Crippen LogP contribution is 2.42. The summed E-state index contributed by atoms with van der Waals surface area (Å²) in [4.78, 5) is 100. The monoisotopic (exact) mass is 1720 g/mol. The Bertz CT molecular complexity index is 6850. The molecule has 24 rings (SSSR count). The van der Waals surface area contributed by atoms with E-state index in [-0.39, 0.29) is 35.4 Å². The van der Waals surface area contributed by atoms with Crippen LogP contribution in [0.1, 0.15) is 95.5 Å². The van der Waals surface area contributed by atoms with Crippen LogP contribution < -0.4 is 31.9 Å². The molecule has 123 heavy (non-hydrogen) atoms. The summed E-state index contributed by atoms with van der Waals surface area (Å²) in [7, 11) is -0.980. The van der Waals surface area contributed by atoms with Crippen molar-refractivity contribution in [2.24, 2.45) is 0 Å². The fourth-order valence-electron chi connectivity index (χ4n) is 17.8. The Morgan fingerprint density at radius 1 is 0.333 bits per heavy atom. The molecule has 9 aromatic carbocycles. The van der Waals surface area contributed by atoms with Crippen molar-refractivity contribution >= 4 is 158 Å². The van der Waals surface area contributed by atoms with Crippen molar-refractivity contribution in [2.75, 3.05) is 51.8 Å². The van der Waals surface area contributed by atoms with Gasteiger partial charge in [0.15, 0.2) is 0 Å². The van der Waals surface area contributed by atoms with Gasteiger partial charge < -0.3 is 66.8 Å². The maximum Gasteiger partial charge on any atom is 0.251 e. The van der Waals surface area contributed by atoms with Crippen molar-refractivity contribution in [2.45, 2.75) is 48.3 Å².